The number of nitrogens with zero attached hydrogens (tertiary/aromatic N) is 4. The number of nitrogens with two attached hydrogens (primary N) is 2. The Bertz CT molecular complexity index is 570. The van der Waals surface area contributed by atoms with Gasteiger partial charge in [0.25, 0.3) is 0 Å². The van der Waals surface area contributed by atoms with Crippen molar-refractivity contribution in [3.63, 3.8) is 0 Å². The second kappa shape index (κ2) is 4.16. The first-order valence-electron chi connectivity index (χ1n) is 5.67. The van der Waals surface area contributed by atoms with Gasteiger partial charge < -0.3 is 21.3 Å². The van der Waals surface area contributed by atoms with Gasteiger partial charge in [-0.1, -0.05) is 0 Å². The highest BCUT2D eigenvalue weighted by Gasteiger charge is 2.34. The van der Waals surface area contributed by atoms with E-state index in [0.717, 1.165) is 0 Å². The Morgan fingerprint density at radius 3 is 3.00 bits per heavy atom. The van der Waals surface area contributed by atoms with Crippen molar-refractivity contribution in [3.05, 3.63) is 12.7 Å². The van der Waals surface area contributed by atoms with Crippen LogP contribution in [-0.4, -0.2) is 43.4 Å². The summed E-state index contributed by atoms with van der Waals surface area (Å²) in [4.78, 5) is 12.2. The van der Waals surface area contributed by atoms with Crippen LogP contribution in [0.2, 0.25) is 0 Å². The molecule has 3 heterocycles. The molecule has 1 aliphatic heterocycles. The predicted octanol–water partition coefficient (Wildman–Crippen LogP) is -0.984. The standard InChI is InChI=1S/C10H14N6O2/c11-2-6-5(17)1-7(18-6)16-4-15-8-9(12)13-3-14-10(8)16/h3-7,17H,1-2,11H2,(H2,12,13,14)/t5-,6+,7+/m0/s1. The van der Waals surface area contributed by atoms with Crippen LogP contribution in [0.1, 0.15) is 12.6 Å². The number of hydrogen-bond acceptors (Lipinski definition) is 7. The third-order valence-electron chi connectivity index (χ3n) is 3.13. The number of imidazole rings is 1. The number of ether oxygens (including phenoxy) is 1. The number of anilines is 1. The zero-order chi connectivity index (χ0) is 12.7. The van der Waals surface area contributed by atoms with Crippen molar-refractivity contribution in [2.45, 2.75) is 24.9 Å². The third kappa shape index (κ3) is 1.62. The van der Waals surface area contributed by atoms with Crippen molar-refractivity contribution in [1.29, 1.82) is 0 Å². The number of fused-ring (bicyclic) bond motifs is 1. The van der Waals surface area contributed by atoms with E-state index in [0.29, 0.717) is 23.4 Å². The van der Waals surface area contributed by atoms with E-state index in [1.54, 1.807) is 10.9 Å². The molecule has 0 aliphatic carbocycles. The number of aliphatic hydroxyl groups excluding tert-OH is 1. The molecule has 0 radical (unpaired) electrons. The molecule has 1 fully saturated rings. The van der Waals surface area contributed by atoms with Crippen LogP contribution in [0.5, 0.6) is 0 Å². The Balaban J connectivity index is 1.99. The van der Waals surface area contributed by atoms with E-state index >= 15 is 0 Å². The normalized spacial score (nSPS) is 28.0. The largest absolute Gasteiger partial charge is 0.390 e. The molecule has 8 nitrogen and oxygen atoms in total. The highest BCUT2D eigenvalue weighted by Crippen LogP contribution is 2.30. The maximum Gasteiger partial charge on any atom is 0.167 e. The van der Waals surface area contributed by atoms with Gasteiger partial charge in [0.05, 0.1) is 18.5 Å². The van der Waals surface area contributed by atoms with Crippen LogP contribution >= 0.6 is 0 Å². The van der Waals surface area contributed by atoms with Gasteiger partial charge in [0.1, 0.15) is 18.1 Å². The first-order chi connectivity index (χ1) is 8.70. The topological polar surface area (TPSA) is 125 Å². The lowest BCUT2D eigenvalue weighted by atomic mass is 10.2. The molecule has 3 rings (SSSR count). The molecule has 2 aromatic rings. The maximum absolute atomic E-state index is 9.79. The number of nitrogen functional groups attached to an aromatic ring is 1. The van der Waals surface area contributed by atoms with E-state index in [1.165, 1.54) is 6.33 Å². The highest BCUT2D eigenvalue weighted by molar-refractivity contribution is 5.81. The molecule has 2 aromatic heterocycles. The smallest absolute Gasteiger partial charge is 0.167 e. The molecule has 0 amide bonds. The van der Waals surface area contributed by atoms with Gasteiger partial charge >= 0.3 is 0 Å². The van der Waals surface area contributed by atoms with E-state index in [4.69, 9.17) is 16.2 Å². The summed E-state index contributed by atoms with van der Waals surface area (Å²) in [5.41, 5.74) is 12.4. The van der Waals surface area contributed by atoms with Gasteiger partial charge in [-0.25, -0.2) is 15.0 Å². The molecule has 96 valence electrons. The summed E-state index contributed by atoms with van der Waals surface area (Å²) >= 11 is 0. The van der Waals surface area contributed by atoms with Crippen LogP contribution in [-0.2, 0) is 4.74 Å². The summed E-state index contributed by atoms with van der Waals surface area (Å²) in [6.45, 7) is 0.279. The summed E-state index contributed by atoms with van der Waals surface area (Å²) in [7, 11) is 0. The lowest BCUT2D eigenvalue weighted by Gasteiger charge is -2.13. The van der Waals surface area contributed by atoms with Gasteiger partial charge in [-0.2, -0.15) is 0 Å². The van der Waals surface area contributed by atoms with Crippen LogP contribution < -0.4 is 11.5 Å². The quantitative estimate of drug-likeness (QED) is 0.625. The third-order valence-corrected chi connectivity index (χ3v) is 3.13. The summed E-state index contributed by atoms with van der Waals surface area (Å²) < 4.78 is 7.40. The molecule has 8 heteroatoms. The van der Waals surface area contributed by atoms with Crippen LogP contribution in [0.25, 0.3) is 11.2 Å². The fraction of sp³-hybridized carbons (Fsp3) is 0.500. The fourth-order valence-corrected chi connectivity index (χ4v) is 2.18. The van der Waals surface area contributed by atoms with Crippen LogP contribution in [0.4, 0.5) is 5.82 Å². The first-order valence-corrected chi connectivity index (χ1v) is 5.67. The summed E-state index contributed by atoms with van der Waals surface area (Å²) in [5, 5.41) is 9.79. The Labute approximate surface area is 103 Å². The zero-order valence-electron chi connectivity index (χ0n) is 9.60. The molecule has 1 saturated heterocycles. The second-order valence-electron chi connectivity index (χ2n) is 4.25. The van der Waals surface area contributed by atoms with Gasteiger partial charge in [0.2, 0.25) is 0 Å². The minimum absolute atomic E-state index is 0.279. The minimum atomic E-state index is -0.573. The van der Waals surface area contributed by atoms with E-state index < -0.39 is 6.10 Å². The molecule has 1 aliphatic rings. The van der Waals surface area contributed by atoms with Gasteiger partial charge in [-0.05, 0) is 0 Å². The van der Waals surface area contributed by atoms with Crippen molar-refractivity contribution in [2.75, 3.05) is 12.3 Å². The SMILES string of the molecule is NC[C@H]1O[C@@H](n2cnc3c(N)ncnc32)C[C@@H]1O. The average Bonchev–Trinajstić information content (AvgIpc) is 2.93. The molecule has 0 aromatic carbocycles. The average molecular weight is 250 g/mol. The van der Waals surface area contributed by atoms with Crippen LogP contribution in [0, 0.1) is 0 Å². The molecule has 18 heavy (non-hydrogen) atoms. The molecule has 3 atom stereocenters. The molecular weight excluding hydrogens is 236 g/mol. The van der Waals surface area contributed by atoms with Crippen LogP contribution in [0.3, 0.4) is 0 Å². The van der Waals surface area contributed by atoms with E-state index in [2.05, 4.69) is 15.0 Å². The number of rotatable bonds is 2. The first kappa shape index (κ1) is 11.3. The fourth-order valence-electron chi connectivity index (χ4n) is 2.18. The molecule has 5 N–H and O–H groups in total. The van der Waals surface area contributed by atoms with Crippen molar-refractivity contribution in [2.24, 2.45) is 5.73 Å². The lowest BCUT2D eigenvalue weighted by molar-refractivity contribution is -0.0115. The minimum Gasteiger partial charge on any atom is -0.390 e. The molecule has 0 spiro atoms. The van der Waals surface area contributed by atoms with Crippen molar-refractivity contribution >= 4 is 17.0 Å². The summed E-state index contributed by atoms with van der Waals surface area (Å²) in [5.74, 6) is 0.327. The zero-order valence-corrected chi connectivity index (χ0v) is 9.60. The van der Waals surface area contributed by atoms with Crippen molar-refractivity contribution in [3.8, 4) is 0 Å². The molecule has 0 unspecified atom stereocenters. The Hall–Kier alpha value is -1.77. The number of aromatic nitrogens is 4. The Morgan fingerprint density at radius 1 is 1.44 bits per heavy atom. The van der Waals surface area contributed by atoms with Gasteiger partial charge in [-0.3, -0.25) is 4.57 Å². The molecular formula is C10H14N6O2. The number of hydrogen-bond donors (Lipinski definition) is 3. The van der Waals surface area contributed by atoms with Crippen molar-refractivity contribution in [1.82, 2.24) is 19.5 Å². The lowest BCUT2D eigenvalue weighted by Crippen LogP contribution is -2.29. The van der Waals surface area contributed by atoms with Gasteiger partial charge in [-0.15, -0.1) is 0 Å². The van der Waals surface area contributed by atoms with E-state index in [1.807, 2.05) is 0 Å². The predicted molar refractivity (Wildman–Crippen MR) is 63.3 cm³/mol. The highest BCUT2D eigenvalue weighted by atomic mass is 16.5. The monoisotopic (exact) mass is 250 g/mol. The number of aliphatic hydroxyl groups is 1. The molecule has 0 saturated carbocycles. The van der Waals surface area contributed by atoms with E-state index in [-0.39, 0.29) is 18.9 Å². The van der Waals surface area contributed by atoms with Gasteiger partial charge in [0, 0.05) is 13.0 Å². The van der Waals surface area contributed by atoms with Crippen LogP contribution in [0.15, 0.2) is 12.7 Å². The maximum atomic E-state index is 9.79. The summed E-state index contributed by atoms with van der Waals surface area (Å²) in [6, 6.07) is 0. The molecule has 0 bridgehead atoms. The Morgan fingerprint density at radius 2 is 2.28 bits per heavy atom. The van der Waals surface area contributed by atoms with E-state index in [9.17, 15) is 5.11 Å². The van der Waals surface area contributed by atoms with Crippen molar-refractivity contribution < 1.29 is 9.84 Å². The Kier molecular flexibility index (Phi) is 2.62. The summed E-state index contributed by atoms with van der Waals surface area (Å²) in [6.07, 6.45) is 2.17. The van der Waals surface area contributed by atoms with Gasteiger partial charge in [0.15, 0.2) is 11.5 Å². The second-order valence-corrected chi connectivity index (χ2v) is 4.25.